The Morgan fingerprint density at radius 1 is 1.22 bits per heavy atom. The lowest BCUT2D eigenvalue weighted by molar-refractivity contribution is -0.125. The predicted octanol–water partition coefficient (Wildman–Crippen LogP) is 2.52. The molecular weight excluding hydrogens is 351 g/mol. The summed E-state index contributed by atoms with van der Waals surface area (Å²) in [4.78, 5) is 26.0. The highest BCUT2D eigenvalue weighted by Crippen LogP contribution is 2.33. The maximum atomic E-state index is 13.4. The number of nitrogens with one attached hydrogen (secondary N) is 1. The van der Waals surface area contributed by atoms with Gasteiger partial charge in [-0.2, -0.15) is 0 Å². The first-order valence-electron chi connectivity index (χ1n) is 8.77. The molecule has 2 aromatic carbocycles. The molecule has 142 valence electrons. The number of rotatable bonds is 7. The summed E-state index contributed by atoms with van der Waals surface area (Å²) in [5, 5.41) is 2.71. The molecule has 0 aromatic heterocycles. The van der Waals surface area contributed by atoms with Crippen LogP contribution in [0, 0.1) is 5.82 Å². The van der Waals surface area contributed by atoms with Gasteiger partial charge in [0.05, 0.1) is 12.2 Å². The molecule has 0 fully saturated rings. The summed E-state index contributed by atoms with van der Waals surface area (Å²) in [5.74, 6) is -0.0528. The average Bonchev–Trinajstić information content (AvgIpc) is 2.67. The first-order valence-corrected chi connectivity index (χ1v) is 8.77. The lowest BCUT2D eigenvalue weighted by Crippen LogP contribution is -2.45. The molecule has 1 aliphatic rings. The number of anilines is 1. The zero-order valence-electron chi connectivity index (χ0n) is 15.0. The Bertz CT molecular complexity index is 827. The van der Waals surface area contributed by atoms with Crippen molar-refractivity contribution in [3.05, 3.63) is 54.3 Å². The quantitative estimate of drug-likeness (QED) is 0.759. The van der Waals surface area contributed by atoms with Crippen molar-refractivity contribution in [1.29, 1.82) is 0 Å². The molecule has 6 nitrogen and oxygen atoms in total. The fourth-order valence-electron chi connectivity index (χ4n) is 2.80. The van der Waals surface area contributed by atoms with Gasteiger partial charge in [0.2, 0.25) is 5.91 Å². The van der Waals surface area contributed by atoms with Crippen LogP contribution in [0.15, 0.2) is 48.5 Å². The Labute approximate surface area is 156 Å². The molecule has 0 radical (unpaired) electrons. The first kappa shape index (κ1) is 18.7. The summed E-state index contributed by atoms with van der Waals surface area (Å²) >= 11 is 0. The third kappa shape index (κ3) is 4.55. The lowest BCUT2D eigenvalue weighted by Gasteiger charge is -2.32. The molecule has 1 atom stereocenters. The van der Waals surface area contributed by atoms with Crippen molar-refractivity contribution in [2.75, 3.05) is 24.6 Å². The van der Waals surface area contributed by atoms with E-state index < -0.39 is 11.9 Å². The highest BCUT2D eigenvalue weighted by Gasteiger charge is 2.31. The highest BCUT2D eigenvalue weighted by atomic mass is 19.1. The minimum absolute atomic E-state index is 0.145. The smallest absolute Gasteiger partial charge is 0.267 e. The van der Waals surface area contributed by atoms with Crippen LogP contribution in [-0.2, 0) is 9.59 Å². The molecule has 1 N–H and O–H groups in total. The van der Waals surface area contributed by atoms with Crippen LogP contribution < -0.4 is 19.7 Å². The molecule has 1 aliphatic heterocycles. The maximum Gasteiger partial charge on any atom is 0.267 e. The van der Waals surface area contributed by atoms with E-state index in [-0.39, 0.29) is 43.7 Å². The van der Waals surface area contributed by atoms with Gasteiger partial charge >= 0.3 is 0 Å². The SMILES string of the molecule is CC1Oc2ccccc2N(CCC(=O)NCCOc2ccccc2F)C1=O. The second-order valence-electron chi connectivity index (χ2n) is 6.10. The van der Waals surface area contributed by atoms with Gasteiger partial charge in [0, 0.05) is 13.0 Å². The predicted molar refractivity (Wildman–Crippen MR) is 98.4 cm³/mol. The van der Waals surface area contributed by atoms with E-state index in [0.717, 1.165) is 0 Å². The normalized spacial score (nSPS) is 15.7. The fourth-order valence-corrected chi connectivity index (χ4v) is 2.80. The lowest BCUT2D eigenvalue weighted by atomic mass is 10.1. The molecular formula is C20H21FN2O4. The molecule has 0 aliphatic carbocycles. The number of hydrogen-bond acceptors (Lipinski definition) is 4. The summed E-state index contributed by atoms with van der Waals surface area (Å²) in [6, 6.07) is 13.3. The number of nitrogens with zero attached hydrogens (tertiary/aromatic N) is 1. The zero-order valence-corrected chi connectivity index (χ0v) is 15.0. The number of benzene rings is 2. The number of halogens is 1. The van der Waals surface area contributed by atoms with E-state index >= 15 is 0 Å². The Morgan fingerprint density at radius 3 is 2.78 bits per heavy atom. The van der Waals surface area contributed by atoms with Gasteiger partial charge in [0.25, 0.3) is 5.91 Å². The van der Waals surface area contributed by atoms with Gasteiger partial charge in [-0.05, 0) is 31.2 Å². The van der Waals surface area contributed by atoms with Crippen LogP contribution >= 0.6 is 0 Å². The van der Waals surface area contributed by atoms with Gasteiger partial charge in [-0.3, -0.25) is 9.59 Å². The van der Waals surface area contributed by atoms with Crippen LogP contribution in [0.5, 0.6) is 11.5 Å². The fraction of sp³-hybridized carbons (Fsp3) is 0.300. The number of hydrogen-bond donors (Lipinski definition) is 1. The van der Waals surface area contributed by atoms with Crippen molar-refractivity contribution in [3.63, 3.8) is 0 Å². The topological polar surface area (TPSA) is 67.9 Å². The molecule has 2 aromatic rings. The van der Waals surface area contributed by atoms with E-state index in [1.165, 1.54) is 12.1 Å². The number of ether oxygens (including phenoxy) is 2. The van der Waals surface area contributed by atoms with E-state index in [9.17, 15) is 14.0 Å². The Hall–Kier alpha value is -3.09. The van der Waals surface area contributed by atoms with Gasteiger partial charge in [0.15, 0.2) is 17.7 Å². The molecule has 0 spiro atoms. The van der Waals surface area contributed by atoms with Crippen molar-refractivity contribution in [2.24, 2.45) is 0 Å². The second-order valence-corrected chi connectivity index (χ2v) is 6.10. The van der Waals surface area contributed by atoms with Gasteiger partial charge in [-0.1, -0.05) is 24.3 Å². The van der Waals surface area contributed by atoms with Gasteiger partial charge in [0.1, 0.15) is 12.4 Å². The van der Waals surface area contributed by atoms with Crippen LogP contribution in [0.2, 0.25) is 0 Å². The van der Waals surface area contributed by atoms with Crippen molar-refractivity contribution >= 4 is 17.5 Å². The van der Waals surface area contributed by atoms with Crippen molar-refractivity contribution in [1.82, 2.24) is 5.32 Å². The standard InChI is InChI=1S/C20H21FN2O4/c1-14-20(25)23(16-7-3-5-9-18(16)27-14)12-10-19(24)22-11-13-26-17-8-4-2-6-15(17)21/h2-9,14H,10-13H2,1H3,(H,22,24). The van der Waals surface area contributed by atoms with Crippen LogP contribution in [-0.4, -0.2) is 37.6 Å². The van der Waals surface area contributed by atoms with E-state index in [4.69, 9.17) is 9.47 Å². The highest BCUT2D eigenvalue weighted by molar-refractivity contribution is 6.00. The molecule has 0 saturated carbocycles. The van der Waals surface area contributed by atoms with E-state index in [1.54, 1.807) is 36.1 Å². The number of fused-ring (bicyclic) bond motifs is 1. The van der Waals surface area contributed by atoms with Crippen LogP contribution in [0.3, 0.4) is 0 Å². The zero-order chi connectivity index (χ0) is 19.2. The van der Waals surface area contributed by atoms with E-state index in [2.05, 4.69) is 5.32 Å². The van der Waals surface area contributed by atoms with Gasteiger partial charge < -0.3 is 19.7 Å². The molecule has 0 saturated heterocycles. The molecule has 1 heterocycles. The molecule has 0 bridgehead atoms. The Balaban J connectivity index is 1.46. The summed E-state index contributed by atoms with van der Waals surface area (Å²) < 4.78 is 24.3. The minimum Gasteiger partial charge on any atom is -0.489 e. The third-order valence-corrected chi connectivity index (χ3v) is 4.15. The molecule has 2 amide bonds. The van der Waals surface area contributed by atoms with Crippen LogP contribution in [0.1, 0.15) is 13.3 Å². The maximum absolute atomic E-state index is 13.4. The summed E-state index contributed by atoms with van der Waals surface area (Å²) in [5.41, 5.74) is 0.663. The summed E-state index contributed by atoms with van der Waals surface area (Å²) in [7, 11) is 0. The monoisotopic (exact) mass is 372 g/mol. The minimum atomic E-state index is -0.586. The largest absolute Gasteiger partial charge is 0.489 e. The van der Waals surface area contributed by atoms with Crippen LogP contribution in [0.25, 0.3) is 0 Å². The van der Waals surface area contributed by atoms with Crippen molar-refractivity contribution < 1.29 is 23.5 Å². The van der Waals surface area contributed by atoms with E-state index in [1.807, 2.05) is 12.1 Å². The third-order valence-electron chi connectivity index (χ3n) is 4.15. The Morgan fingerprint density at radius 2 is 1.96 bits per heavy atom. The molecule has 7 heteroatoms. The number of carbonyl (C=O) groups is 2. The molecule has 3 rings (SSSR count). The Kier molecular flexibility index (Phi) is 5.90. The summed E-state index contributed by atoms with van der Waals surface area (Å²) in [6.07, 6.45) is -0.441. The number of amides is 2. The first-order chi connectivity index (χ1) is 13.1. The molecule has 1 unspecified atom stereocenters. The summed E-state index contributed by atoms with van der Waals surface area (Å²) in [6.45, 7) is 2.34. The van der Waals surface area contributed by atoms with Crippen LogP contribution in [0.4, 0.5) is 10.1 Å². The van der Waals surface area contributed by atoms with Crippen molar-refractivity contribution in [3.8, 4) is 11.5 Å². The average molecular weight is 372 g/mol. The van der Waals surface area contributed by atoms with Gasteiger partial charge in [-0.25, -0.2) is 4.39 Å². The van der Waals surface area contributed by atoms with Crippen molar-refractivity contribution in [2.45, 2.75) is 19.4 Å². The second kappa shape index (κ2) is 8.53. The number of para-hydroxylation sites is 3. The van der Waals surface area contributed by atoms with E-state index in [0.29, 0.717) is 11.4 Å². The molecule has 27 heavy (non-hydrogen) atoms. The number of carbonyl (C=O) groups excluding carboxylic acids is 2. The van der Waals surface area contributed by atoms with Gasteiger partial charge in [-0.15, -0.1) is 0 Å².